The van der Waals surface area contributed by atoms with Gasteiger partial charge in [-0.25, -0.2) is 4.98 Å². The number of methoxy groups -OCH3 is 2. The van der Waals surface area contributed by atoms with Gasteiger partial charge >= 0.3 is 0 Å². The van der Waals surface area contributed by atoms with Crippen LogP contribution in [0.2, 0.25) is 5.02 Å². The minimum absolute atomic E-state index is 0.666. The van der Waals surface area contributed by atoms with Crippen LogP contribution in [0.4, 0.5) is 0 Å². The van der Waals surface area contributed by atoms with Crippen molar-refractivity contribution < 1.29 is 9.47 Å². The maximum absolute atomic E-state index is 6.18. The molecule has 4 rings (SSSR count). The van der Waals surface area contributed by atoms with E-state index in [1.807, 2.05) is 72.8 Å². The second-order valence-electron chi connectivity index (χ2n) is 6.28. The Balaban J connectivity index is 1.91. The van der Waals surface area contributed by atoms with Gasteiger partial charge in [0.05, 0.1) is 25.6 Å². The lowest BCUT2D eigenvalue weighted by Gasteiger charge is -2.07. The van der Waals surface area contributed by atoms with Crippen LogP contribution < -0.4 is 9.47 Å². The lowest BCUT2D eigenvalue weighted by Crippen LogP contribution is -1.88. The molecule has 0 fully saturated rings. The number of halogens is 1. The molecule has 0 bridgehead atoms. The molecule has 140 valence electrons. The van der Waals surface area contributed by atoms with Crippen molar-refractivity contribution in [2.75, 3.05) is 14.2 Å². The molecule has 0 unspecified atom stereocenters. The third-order valence-electron chi connectivity index (χ3n) is 4.50. The fraction of sp³-hybridized carbons (Fsp3) is 0.0870. The number of H-pyrrole nitrogens is 1. The average molecular weight is 391 g/mol. The highest BCUT2D eigenvalue weighted by molar-refractivity contribution is 6.30. The van der Waals surface area contributed by atoms with Gasteiger partial charge in [0.2, 0.25) is 0 Å². The van der Waals surface area contributed by atoms with E-state index in [0.29, 0.717) is 5.02 Å². The predicted octanol–water partition coefficient (Wildman–Crippen LogP) is 6.08. The Hall–Kier alpha value is -3.24. The van der Waals surface area contributed by atoms with E-state index in [9.17, 15) is 0 Å². The summed E-state index contributed by atoms with van der Waals surface area (Å²) in [4.78, 5) is 8.35. The van der Waals surface area contributed by atoms with Crippen molar-refractivity contribution in [2.45, 2.75) is 0 Å². The van der Waals surface area contributed by atoms with E-state index in [1.165, 1.54) is 0 Å². The monoisotopic (exact) mass is 390 g/mol. The molecule has 3 aromatic carbocycles. The summed E-state index contributed by atoms with van der Waals surface area (Å²) < 4.78 is 10.8. The van der Waals surface area contributed by atoms with Gasteiger partial charge in [-0.15, -0.1) is 0 Å². The molecule has 0 radical (unpaired) electrons. The van der Waals surface area contributed by atoms with Gasteiger partial charge in [0.15, 0.2) is 0 Å². The molecule has 5 heteroatoms. The Labute approximate surface area is 168 Å². The molecule has 0 saturated heterocycles. The van der Waals surface area contributed by atoms with Crippen LogP contribution in [0.5, 0.6) is 11.5 Å². The van der Waals surface area contributed by atoms with Gasteiger partial charge in [0.1, 0.15) is 17.3 Å². The van der Waals surface area contributed by atoms with E-state index in [1.54, 1.807) is 14.2 Å². The zero-order chi connectivity index (χ0) is 19.5. The fourth-order valence-electron chi connectivity index (χ4n) is 3.11. The van der Waals surface area contributed by atoms with E-state index in [-0.39, 0.29) is 0 Å². The summed E-state index contributed by atoms with van der Waals surface area (Å²) in [5.74, 6) is 2.31. The summed E-state index contributed by atoms with van der Waals surface area (Å²) in [6.45, 7) is 0. The number of rotatable bonds is 5. The number of ether oxygens (including phenoxy) is 2. The maximum Gasteiger partial charge on any atom is 0.138 e. The van der Waals surface area contributed by atoms with Crippen molar-refractivity contribution in [1.82, 2.24) is 9.97 Å². The van der Waals surface area contributed by atoms with Gasteiger partial charge < -0.3 is 14.5 Å². The summed E-state index contributed by atoms with van der Waals surface area (Å²) in [5.41, 5.74) is 4.61. The molecule has 0 amide bonds. The van der Waals surface area contributed by atoms with Crippen LogP contribution in [-0.4, -0.2) is 24.2 Å². The zero-order valence-electron chi connectivity index (χ0n) is 15.6. The van der Waals surface area contributed by atoms with Crippen molar-refractivity contribution in [3.63, 3.8) is 0 Å². The summed E-state index contributed by atoms with van der Waals surface area (Å²) in [6.07, 6.45) is 0. The summed E-state index contributed by atoms with van der Waals surface area (Å²) in [7, 11) is 3.32. The number of nitrogens with one attached hydrogen (secondary N) is 1. The Morgan fingerprint density at radius 2 is 1.36 bits per heavy atom. The van der Waals surface area contributed by atoms with Crippen molar-refractivity contribution in [2.24, 2.45) is 0 Å². The second-order valence-corrected chi connectivity index (χ2v) is 6.72. The molecule has 1 heterocycles. The van der Waals surface area contributed by atoms with Crippen LogP contribution >= 0.6 is 11.6 Å². The molecule has 0 atom stereocenters. The van der Waals surface area contributed by atoms with Gasteiger partial charge in [0, 0.05) is 21.7 Å². The van der Waals surface area contributed by atoms with Crippen molar-refractivity contribution in [1.29, 1.82) is 0 Å². The van der Waals surface area contributed by atoms with Crippen LogP contribution in [0.3, 0.4) is 0 Å². The molecule has 0 aliphatic rings. The first-order valence-corrected chi connectivity index (χ1v) is 9.20. The van der Waals surface area contributed by atoms with Crippen LogP contribution in [0.15, 0.2) is 72.8 Å². The number of nitrogens with zero attached hydrogens (tertiary/aromatic N) is 1. The summed E-state index contributed by atoms with van der Waals surface area (Å²) >= 11 is 6.18. The van der Waals surface area contributed by atoms with Gasteiger partial charge in [-0.2, -0.15) is 0 Å². The first-order valence-electron chi connectivity index (χ1n) is 8.83. The fourth-order valence-corrected chi connectivity index (χ4v) is 3.30. The lowest BCUT2D eigenvalue weighted by atomic mass is 10.0. The van der Waals surface area contributed by atoms with E-state index in [4.69, 9.17) is 26.1 Å². The molecule has 4 nitrogen and oxygen atoms in total. The highest BCUT2D eigenvalue weighted by Gasteiger charge is 2.16. The number of imidazole rings is 1. The largest absolute Gasteiger partial charge is 0.497 e. The average Bonchev–Trinajstić information content (AvgIpc) is 3.19. The zero-order valence-corrected chi connectivity index (χ0v) is 16.3. The Morgan fingerprint density at radius 3 is 2.04 bits per heavy atom. The SMILES string of the molecule is COc1cccc(-c2nc(-c3cccc(Cl)c3)[nH]c2-c2cccc(OC)c2)c1. The third-order valence-corrected chi connectivity index (χ3v) is 4.74. The normalized spacial score (nSPS) is 10.7. The van der Waals surface area contributed by atoms with Crippen LogP contribution in [0.25, 0.3) is 33.9 Å². The van der Waals surface area contributed by atoms with Crippen molar-refractivity contribution in [3.8, 4) is 45.4 Å². The number of benzene rings is 3. The van der Waals surface area contributed by atoms with Gasteiger partial charge in [-0.1, -0.05) is 48.0 Å². The third kappa shape index (κ3) is 3.59. The highest BCUT2D eigenvalue weighted by atomic mass is 35.5. The summed E-state index contributed by atoms with van der Waals surface area (Å²) in [6, 6.07) is 23.4. The molecular formula is C23H19ClN2O2. The van der Waals surface area contributed by atoms with E-state index >= 15 is 0 Å². The molecule has 4 aromatic rings. The molecule has 0 aliphatic carbocycles. The smallest absolute Gasteiger partial charge is 0.138 e. The van der Waals surface area contributed by atoms with Crippen LogP contribution in [0, 0.1) is 0 Å². The first kappa shape index (κ1) is 18.1. The van der Waals surface area contributed by atoms with Crippen molar-refractivity contribution in [3.05, 3.63) is 77.8 Å². The summed E-state index contributed by atoms with van der Waals surface area (Å²) in [5, 5.41) is 0.666. The number of hydrogen-bond donors (Lipinski definition) is 1. The Morgan fingerprint density at radius 1 is 0.750 bits per heavy atom. The van der Waals surface area contributed by atoms with Crippen LogP contribution in [0.1, 0.15) is 0 Å². The molecule has 28 heavy (non-hydrogen) atoms. The molecular weight excluding hydrogens is 372 g/mol. The Kier molecular flexibility index (Phi) is 5.04. The second kappa shape index (κ2) is 7.79. The predicted molar refractivity (Wildman–Crippen MR) is 113 cm³/mol. The molecule has 1 N–H and O–H groups in total. The van der Waals surface area contributed by atoms with Crippen molar-refractivity contribution >= 4 is 11.6 Å². The van der Waals surface area contributed by atoms with Gasteiger partial charge in [-0.05, 0) is 36.4 Å². The number of aromatic nitrogens is 2. The molecule has 0 saturated carbocycles. The lowest BCUT2D eigenvalue weighted by molar-refractivity contribution is 0.415. The van der Waals surface area contributed by atoms with Gasteiger partial charge in [0.25, 0.3) is 0 Å². The topological polar surface area (TPSA) is 47.1 Å². The van der Waals surface area contributed by atoms with Gasteiger partial charge in [-0.3, -0.25) is 0 Å². The molecule has 1 aromatic heterocycles. The van der Waals surface area contributed by atoms with E-state index in [2.05, 4.69) is 4.98 Å². The molecule has 0 spiro atoms. The minimum atomic E-state index is 0.666. The molecule has 0 aliphatic heterocycles. The number of aromatic amines is 1. The number of hydrogen-bond acceptors (Lipinski definition) is 3. The quantitative estimate of drug-likeness (QED) is 0.449. The Bertz CT molecular complexity index is 1060. The first-order chi connectivity index (χ1) is 13.7. The van der Waals surface area contributed by atoms with Crippen LogP contribution in [-0.2, 0) is 0 Å². The van der Waals surface area contributed by atoms with E-state index < -0.39 is 0 Å². The highest BCUT2D eigenvalue weighted by Crippen LogP contribution is 2.35. The maximum atomic E-state index is 6.18. The van der Waals surface area contributed by atoms with E-state index in [0.717, 1.165) is 45.4 Å². The standard InChI is InChI=1S/C23H19ClN2O2/c1-27-19-10-4-6-15(13-19)21-22(16-7-5-11-20(14-16)28-2)26-23(25-21)17-8-3-9-18(24)12-17/h3-14H,1-2H3,(H,25,26). The minimum Gasteiger partial charge on any atom is -0.497 e.